The molecule has 1 aromatic carbocycles. The minimum atomic E-state index is -0.0411. The van der Waals surface area contributed by atoms with E-state index in [0.29, 0.717) is 12.2 Å². The highest BCUT2D eigenvalue weighted by molar-refractivity contribution is 5.91. The van der Waals surface area contributed by atoms with Crippen molar-refractivity contribution in [3.8, 4) is 0 Å². The molecule has 0 aliphatic rings. The Labute approximate surface area is 107 Å². The molecule has 1 heterocycles. The third-order valence-electron chi connectivity index (χ3n) is 2.75. The molecule has 0 unspecified atom stereocenters. The maximum absolute atomic E-state index is 11.9. The van der Waals surface area contributed by atoms with Crippen molar-refractivity contribution in [2.45, 2.75) is 20.3 Å². The number of aromatic nitrogens is 1. The predicted octanol–water partition coefficient (Wildman–Crippen LogP) is 2.88. The fourth-order valence-electron chi connectivity index (χ4n) is 1.68. The van der Waals surface area contributed by atoms with E-state index in [1.165, 1.54) is 5.56 Å². The molecular formula is C15H16N2O. The van der Waals surface area contributed by atoms with Crippen LogP contribution in [-0.2, 0) is 11.2 Å². The number of rotatable bonds is 3. The molecule has 3 nitrogen and oxygen atoms in total. The number of aryl methyl sites for hydroxylation is 2. The number of nitrogens with one attached hydrogen (secondary N) is 1. The van der Waals surface area contributed by atoms with Gasteiger partial charge in [-0.2, -0.15) is 0 Å². The van der Waals surface area contributed by atoms with Crippen molar-refractivity contribution < 1.29 is 4.79 Å². The van der Waals surface area contributed by atoms with Crippen LogP contribution in [0.5, 0.6) is 0 Å². The van der Waals surface area contributed by atoms with Crippen LogP contribution in [0.15, 0.2) is 42.6 Å². The molecular weight excluding hydrogens is 224 g/mol. The Morgan fingerprint density at radius 2 is 1.89 bits per heavy atom. The van der Waals surface area contributed by atoms with E-state index in [1.807, 2.05) is 50.2 Å². The number of carbonyl (C=O) groups is 1. The quantitative estimate of drug-likeness (QED) is 0.896. The highest BCUT2D eigenvalue weighted by Crippen LogP contribution is 2.10. The molecule has 0 aliphatic carbocycles. The molecule has 0 aliphatic heterocycles. The summed E-state index contributed by atoms with van der Waals surface area (Å²) in [6.45, 7) is 3.95. The molecule has 92 valence electrons. The lowest BCUT2D eigenvalue weighted by atomic mass is 10.1. The average molecular weight is 240 g/mol. The van der Waals surface area contributed by atoms with Gasteiger partial charge in [-0.15, -0.1) is 0 Å². The fourth-order valence-corrected chi connectivity index (χ4v) is 1.68. The summed E-state index contributed by atoms with van der Waals surface area (Å²) >= 11 is 0. The zero-order valence-electron chi connectivity index (χ0n) is 10.6. The lowest BCUT2D eigenvalue weighted by Gasteiger charge is -2.07. The molecule has 0 spiro atoms. The number of benzene rings is 1. The molecule has 2 aromatic rings. The normalized spacial score (nSPS) is 10.1. The van der Waals surface area contributed by atoms with E-state index in [0.717, 1.165) is 11.1 Å². The lowest BCUT2D eigenvalue weighted by Crippen LogP contribution is -2.16. The molecule has 0 fully saturated rings. The molecule has 0 bridgehead atoms. The molecule has 1 amide bonds. The van der Waals surface area contributed by atoms with Gasteiger partial charge in [0.05, 0.1) is 6.42 Å². The van der Waals surface area contributed by atoms with Gasteiger partial charge >= 0.3 is 0 Å². The molecule has 0 saturated carbocycles. The van der Waals surface area contributed by atoms with Crippen molar-refractivity contribution in [3.63, 3.8) is 0 Å². The van der Waals surface area contributed by atoms with Crippen LogP contribution in [0.2, 0.25) is 0 Å². The minimum Gasteiger partial charge on any atom is -0.310 e. The Kier molecular flexibility index (Phi) is 3.72. The summed E-state index contributed by atoms with van der Waals surface area (Å²) in [6, 6.07) is 11.7. The van der Waals surface area contributed by atoms with Crippen molar-refractivity contribution in [3.05, 3.63) is 59.3 Å². The van der Waals surface area contributed by atoms with E-state index in [2.05, 4.69) is 10.3 Å². The van der Waals surface area contributed by atoms with E-state index < -0.39 is 0 Å². The highest BCUT2D eigenvalue weighted by atomic mass is 16.1. The Bertz CT molecular complexity index is 547. The number of nitrogens with zero attached hydrogens (tertiary/aromatic N) is 1. The zero-order valence-corrected chi connectivity index (χ0v) is 10.6. The predicted molar refractivity (Wildman–Crippen MR) is 72.5 cm³/mol. The largest absolute Gasteiger partial charge is 0.310 e. The first-order valence-electron chi connectivity index (χ1n) is 5.92. The minimum absolute atomic E-state index is 0.0411. The maximum atomic E-state index is 11.9. The van der Waals surface area contributed by atoms with Crippen LogP contribution in [0.1, 0.15) is 16.7 Å². The van der Waals surface area contributed by atoms with E-state index in [9.17, 15) is 4.79 Å². The Hall–Kier alpha value is -2.16. The summed E-state index contributed by atoms with van der Waals surface area (Å²) in [4.78, 5) is 16.0. The van der Waals surface area contributed by atoms with Crippen molar-refractivity contribution >= 4 is 11.7 Å². The summed E-state index contributed by atoms with van der Waals surface area (Å²) in [7, 11) is 0. The van der Waals surface area contributed by atoms with Crippen molar-refractivity contribution in [1.29, 1.82) is 0 Å². The van der Waals surface area contributed by atoms with E-state index in [1.54, 1.807) is 6.20 Å². The van der Waals surface area contributed by atoms with Crippen LogP contribution in [0.25, 0.3) is 0 Å². The molecule has 0 saturated heterocycles. The number of hydrogen-bond donors (Lipinski definition) is 1. The summed E-state index contributed by atoms with van der Waals surface area (Å²) in [5, 5.41) is 2.82. The second-order valence-electron chi connectivity index (χ2n) is 4.38. The van der Waals surface area contributed by atoms with Gasteiger partial charge < -0.3 is 5.32 Å². The van der Waals surface area contributed by atoms with Gasteiger partial charge in [0.2, 0.25) is 5.91 Å². The van der Waals surface area contributed by atoms with Crippen molar-refractivity contribution in [1.82, 2.24) is 4.98 Å². The summed E-state index contributed by atoms with van der Waals surface area (Å²) < 4.78 is 0. The molecule has 2 rings (SSSR count). The molecule has 3 heteroatoms. The molecule has 1 aromatic heterocycles. The van der Waals surface area contributed by atoms with Gasteiger partial charge in [0.15, 0.2) is 0 Å². The van der Waals surface area contributed by atoms with Gasteiger partial charge in [-0.25, -0.2) is 4.98 Å². The van der Waals surface area contributed by atoms with Crippen molar-refractivity contribution in [2.24, 2.45) is 0 Å². The van der Waals surface area contributed by atoms with E-state index >= 15 is 0 Å². The number of hydrogen-bond acceptors (Lipinski definition) is 2. The van der Waals surface area contributed by atoms with Gasteiger partial charge in [0, 0.05) is 6.20 Å². The zero-order chi connectivity index (χ0) is 13.0. The van der Waals surface area contributed by atoms with Crippen LogP contribution >= 0.6 is 0 Å². The first-order chi connectivity index (χ1) is 8.65. The van der Waals surface area contributed by atoms with E-state index in [4.69, 9.17) is 0 Å². The Balaban J connectivity index is 2.01. The van der Waals surface area contributed by atoms with Gasteiger partial charge in [0.1, 0.15) is 5.82 Å². The van der Waals surface area contributed by atoms with E-state index in [-0.39, 0.29) is 5.91 Å². The Morgan fingerprint density at radius 1 is 1.17 bits per heavy atom. The van der Waals surface area contributed by atoms with Crippen LogP contribution in [0.3, 0.4) is 0 Å². The second-order valence-corrected chi connectivity index (χ2v) is 4.38. The third kappa shape index (κ3) is 3.17. The summed E-state index contributed by atoms with van der Waals surface area (Å²) in [5.41, 5.74) is 3.17. The van der Waals surface area contributed by atoms with Gasteiger partial charge in [-0.3, -0.25) is 4.79 Å². The SMILES string of the molecule is Cc1ccc(CC(=O)Nc2ncccc2C)cc1. The first kappa shape index (κ1) is 12.3. The highest BCUT2D eigenvalue weighted by Gasteiger charge is 2.06. The number of amides is 1. The first-order valence-corrected chi connectivity index (χ1v) is 5.92. The van der Waals surface area contributed by atoms with Gasteiger partial charge in [-0.05, 0) is 31.0 Å². The lowest BCUT2D eigenvalue weighted by molar-refractivity contribution is -0.115. The topological polar surface area (TPSA) is 42.0 Å². The number of carbonyl (C=O) groups excluding carboxylic acids is 1. The Morgan fingerprint density at radius 3 is 2.56 bits per heavy atom. The van der Waals surface area contributed by atoms with Crippen LogP contribution < -0.4 is 5.32 Å². The third-order valence-corrected chi connectivity index (χ3v) is 2.75. The van der Waals surface area contributed by atoms with Gasteiger partial charge in [-0.1, -0.05) is 35.9 Å². The fraction of sp³-hybridized carbons (Fsp3) is 0.200. The molecule has 0 radical (unpaired) electrons. The summed E-state index contributed by atoms with van der Waals surface area (Å²) in [6.07, 6.45) is 2.05. The maximum Gasteiger partial charge on any atom is 0.229 e. The van der Waals surface area contributed by atoms with Crippen molar-refractivity contribution in [2.75, 3.05) is 5.32 Å². The molecule has 0 atom stereocenters. The standard InChI is InChI=1S/C15H16N2O/c1-11-5-7-13(8-6-11)10-14(18)17-15-12(2)4-3-9-16-15/h3-9H,10H2,1-2H3,(H,16,17,18). The number of anilines is 1. The van der Waals surface area contributed by atoms with Gasteiger partial charge in [0.25, 0.3) is 0 Å². The second kappa shape index (κ2) is 5.45. The average Bonchev–Trinajstić information content (AvgIpc) is 2.35. The molecule has 18 heavy (non-hydrogen) atoms. The van der Waals surface area contributed by atoms with Crippen LogP contribution in [-0.4, -0.2) is 10.9 Å². The monoisotopic (exact) mass is 240 g/mol. The smallest absolute Gasteiger partial charge is 0.229 e. The summed E-state index contributed by atoms with van der Waals surface area (Å²) in [5.74, 6) is 0.593. The number of pyridine rings is 1. The van der Waals surface area contributed by atoms with Crippen LogP contribution in [0.4, 0.5) is 5.82 Å². The molecule has 1 N–H and O–H groups in total. The van der Waals surface area contributed by atoms with Crippen LogP contribution in [0, 0.1) is 13.8 Å².